The molecule has 2 rings (SSSR count). The predicted molar refractivity (Wildman–Crippen MR) is 81.1 cm³/mol. The highest BCUT2D eigenvalue weighted by atomic mass is 35.5. The minimum atomic E-state index is -0.809. The van der Waals surface area contributed by atoms with Crippen LogP contribution in [0.15, 0.2) is 18.2 Å². The van der Waals surface area contributed by atoms with E-state index in [9.17, 15) is 9.59 Å². The van der Waals surface area contributed by atoms with Crippen LogP contribution >= 0.6 is 23.2 Å². The average molecular weight is 331 g/mol. The number of carboxylic acid groups (broad SMARTS) is 1. The first-order valence-electron chi connectivity index (χ1n) is 6.66. The lowest BCUT2D eigenvalue weighted by Gasteiger charge is -2.34. The highest BCUT2D eigenvalue weighted by molar-refractivity contribution is 6.39. The zero-order chi connectivity index (χ0) is 15.4. The fourth-order valence-corrected chi connectivity index (χ4v) is 2.85. The summed E-state index contributed by atoms with van der Waals surface area (Å²) in [5, 5.41) is 9.37. The lowest BCUT2D eigenvalue weighted by atomic mass is 10.1. The maximum Gasteiger partial charge on any atom is 0.304 e. The number of benzene rings is 1. The molecule has 114 valence electrons. The Hall–Kier alpha value is -1.30. The van der Waals surface area contributed by atoms with Gasteiger partial charge in [-0.1, -0.05) is 29.3 Å². The molecule has 0 aliphatic carbocycles. The summed E-state index contributed by atoms with van der Waals surface area (Å²) < 4.78 is 0. The molecule has 5 nitrogen and oxygen atoms in total. The monoisotopic (exact) mass is 330 g/mol. The lowest BCUT2D eigenvalue weighted by molar-refractivity contribution is -0.137. The Bertz CT molecular complexity index is 523. The topological polar surface area (TPSA) is 60.9 Å². The van der Waals surface area contributed by atoms with Crippen molar-refractivity contribution in [3.63, 3.8) is 0 Å². The van der Waals surface area contributed by atoms with Crippen molar-refractivity contribution in [2.45, 2.75) is 6.42 Å². The summed E-state index contributed by atoms with van der Waals surface area (Å²) in [7, 11) is 0. The standard InChI is InChI=1S/C14H16Cl2N2O3/c15-10-2-1-3-11(16)13(10)14(21)18-8-6-17(7-9-18)5-4-12(19)20/h1-3H,4-9H2,(H,19,20). The number of nitrogens with zero attached hydrogens (tertiary/aromatic N) is 2. The molecule has 1 amide bonds. The largest absolute Gasteiger partial charge is 0.481 e. The SMILES string of the molecule is O=C(O)CCN1CCN(C(=O)c2c(Cl)cccc2Cl)CC1. The maximum atomic E-state index is 12.5. The Balaban J connectivity index is 1.96. The molecular weight excluding hydrogens is 315 g/mol. The lowest BCUT2D eigenvalue weighted by Crippen LogP contribution is -2.49. The number of hydrogen-bond acceptors (Lipinski definition) is 3. The molecule has 1 heterocycles. The van der Waals surface area contributed by atoms with E-state index in [1.807, 2.05) is 4.90 Å². The predicted octanol–water partition coefficient (Wildman–Crippen LogP) is 2.23. The second-order valence-corrected chi connectivity index (χ2v) is 5.69. The molecule has 0 spiro atoms. The summed E-state index contributed by atoms with van der Waals surface area (Å²) in [6, 6.07) is 4.98. The van der Waals surface area contributed by atoms with Gasteiger partial charge in [-0.25, -0.2) is 0 Å². The van der Waals surface area contributed by atoms with Gasteiger partial charge in [0.25, 0.3) is 5.91 Å². The van der Waals surface area contributed by atoms with Crippen LogP contribution in [0.5, 0.6) is 0 Å². The highest BCUT2D eigenvalue weighted by Crippen LogP contribution is 2.26. The van der Waals surface area contributed by atoms with Gasteiger partial charge < -0.3 is 10.0 Å². The van der Waals surface area contributed by atoms with Crippen LogP contribution in [0.2, 0.25) is 10.0 Å². The molecule has 0 radical (unpaired) electrons. The first kappa shape index (κ1) is 16.1. The number of hydrogen-bond donors (Lipinski definition) is 1. The van der Waals surface area contributed by atoms with Gasteiger partial charge in [0.1, 0.15) is 0 Å². The summed E-state index contributed by atoms with van der Waals surface area (Å²) >= 11 is 12.1. The third kappa shape index (κ3) is 4.09. The fourth-order valence-electron chi connectivity index (χ4n) is 2.29. The van der Waals surface area contributed by atoms with Crippen LogP contribution in [0.25, 0.3) is 0 Å². The summed E-state index contributed by atoms with van der Waals surface area (Å²) in [6.07, 6.45) is 0.115. The molecule has 0 unspecified atom stereocenters. The highest BCUT2D eigenvalue weighted by Gasteiger charge is 2.25. The zero-order valence-corrected chi connectivity index (χ0v) is 12.9. The molecular formula is C14H16Cl2N2O3. The summed E-state index contributed by atoms with van der Waals surface area (Å²) in [6.45, 7) is 2.90. The quantitative estimate of drug-likeness (QED) is 0.919. The number of halogens is 2. The third-order valence-corrected chi connectivity index (χ3v) is 4.11. The van der Waals surface area contributed by atoms with E-state index < -0.39 is 5.97 Å². The number of carbonyl (C=O) groups excluding carboxylic acids is 1. The Morgan fingerprint density at radius 2 is 1.67 bits per heavy atom. The van der Waals surface area contributed by atoms with Crippen molar-refractivity contribution in [3.05, 3.63) is 33.8 Å². The number of carboxylic acids is 1. The molecule has 21 heavy (non-hydrogen) atoms. The zero-order valence-electron chi connectivity index (χ0n) is 11.4. The maximum absolute atomic E-state index is 12.5. The van der Waals surface area contributed by atoms with Crippen LogP contribution in [-0.4, -0.2) is 59.5 Å². The molecule has 1 aromatic rings. The molecule has 1 aliphatic rings. The van der Waals surface area contributed by atoms with E-state index in [-0.39, 0.29) is 12.3 Å². The number of aliphatic carboxylic acids is 1. The van der Waals surface area contributed by atoms with Gasteiger partial charge in [-0.2, -0.15) is 0 Å². The fraction of sp³-hybridized carbons (Fsp3) is 0.429. The van der Waals surface area contributed by atoms with Crippen LogP contribution in [-0.2, 0) is 4.79 Å². The average Bonchev–Trinajstić information content (AvgIpc) is 2.45. The first-order chi connectivity index (χ1) is 9.99. The minimum absolute atomic E-state index is 0.115. The van der Waals surface area contributed by atoms with Crippen LogP contribution in [0, 0.1) is 0 Å². The van der Waals surface area contributed by atoms with Gasteiger partial charge in [0, 0.05) is 32.7 Å². The Labute approximate surface area is 133 Å². The molecule has 1 N–H and O–H groups in total. The molecule has 0 aromatic heterocycles. The third-order valence-electron chi connectivity index (χ3n) is 3.48. The van der Waals surface area contributed by atoms with Crippen molar-refractivity contribution in [2.75, 3.05) is 32.7 Å². The van der Waals surface area contributed by atoms with Crippen LogP contribution < -0.4 is 0 Å². The van der Waals surface area contributed by atoms with Gasteiger partial charge in [0.05, 0.1) is 22.0 Å². The summed E-state index contributed by atoms with van der Waals surface area (Å²) in [5.41, 5.74) is 0.333. The van der Waals surface area contributed by atoms with Gasteiger partial charge in [-0.05, 0) is 12.1 Å². The van der Waals surface area contributed by atoms with E-state index in [0.717, 1.165) is 0 Å². The van der Waals surface area contributed by atoms with Crippen molar-refractivity contribution in [1.29, 1.82) is 0 Å². The molecule has 7 heteroatoms. The van der Waals surface area contributed by atoms with Gasteiger partial charge in [-0.3, -0.25) is 14.5 Å². The van der Waals surface area contributed by atoms with Crippen molar-refractivity contribution in [3.8, 4) is 0 Å². The summed E-state index contributed by atoms with van der Waals surface area (Å²) in [5.74, 6) is -0.986. The number of amides is 1. The normalized spacial score (nSPS) is 16.0. The Morgan fingerprint density at radius 1 is 1.10 bits per heavy atom. The smallest absolute Gasteiger partial charge is 0.304 e. The Kier molecular flexibility index (Phi) is 5.45. The van der Waals surface area contributed by atoms with Crippen molar-refractivity contribution in [1.82, 2.24) is 9.80 Å². The number of carbonyl (C=O) groups is 2. The van der Waals surface area contributed by atoms with Gasteiger partial charge in [0.15, 0.2) is 0 Å². The molecule has 1 saturated heterocycles. The molecule has 0 saturated carbocycles. The number of rotatable bonds is 4. The minimum Gasteiger partial charge on any atom is -0.481 e. The van der Waals surface area contributed by atoms with Gasteiger partial charge >= 0.3 is 5.97 Å². The van der Waals surface area contributed by atoms with Crippen LogP contribution in [0.3, 0.4) is 0 Å². The van der Waals surface area contributed by atoms with E-state index in [2.05, 4.69) is 0 Å². The van der Waals surface area contributed by atoms with Crippen LogP contribution in [0.1, 0.15) is 16.8 Å². The molecule has 1 aromatic carbocycles. The van der Waals surface area contributed by atoms with Gasteiger partial charge in [-0.15, -0.1) is 0 Å². The second kappa shape index (κ2) is 7.11. The van der Waals surface area contributed by atoms with E-state index in [4.69, 9.17) is 28.3 Å². The second-order valence-electron chi connectivity index (χ2n) is 4.87. The van der Waals surface area contributed by atoms with Crippen molar-refractivity contribution in [2.24, 2.45) is 0 Å². The Morgan fingerprint density at radius 3 is 2.19 bits per heavy atom. The molecule has 1 fully saturated rings. The number of piperazine rings is 1. The molecule has 0 atom stereocenters. The van der Waals surface area contributed by atoms with Crippen LogP contribution in [0.4, 0.5) is 0 Å². The van der Waals surface area contributed by atoms with Crippen molar-refractivity contribution < 1.29 is 14.7 Å². The van der Waals surface area contributed by atoms with Crippen molar-refractivity contribution >= 4 is 35.1 Å². The molecule has 0 bridgehead atoms. The van der Waals surface area contributed by atoms with E-state index in [0.29, 0.717) is 48.3 Å². The first-order valence-corrected chi connectivity index (χ1v) is 7.42. The van der Waals surface area contributed by atoms with E-state index >= 15 is 0 Å². The van der Waals surface area contributed by atoms with E-state index in [1.165, 1.54) is 0 Å². The van der Waals surface area contributed by atoms with Gasteiger partial charge in [0.2, 0.25) is 0 Å². The van der Waals surface area contributed by atoms with E-state index in [1.54, 1.807) is 23.1 Å². The molecule has 1 aliphatic heterocycles. The summed E-state index contributed by atoms with van der Waals surface area (Å²) in [4.78, 5) is 26.7.